The molecule has 35 heavy (non-hydrogen) atoms. The van der Waals surface area contributed by atoms with Crippen molar-refractivity contribution < 1.29 is 18.3 Å². The molecule has 3 aromatic rings. The summed E-state index contributed by atoms with van der Waals surface area (Å²) >= 11 is 0. The Balaban J connectivity index is 1.34. The Morgan fingerprint density at radius 3 is 2.34 bits per heavy atom. The van der Waals surface area contributed by atoms with Crippen LogP contribution in [0.15, 0.2) is 60.8 Å². The molecule has 0 amide bonds. The molecule has 7 nitrogen and oxygen atoms in total. The SMILES string of the molecule is Fc1ccc(Oc2nccc(C3=C(c4ccc(F)cc4)CN4CC(N5CCOCC5)CN34)n2)cc1. The van der Waals surface area contributed by atoms with Crippen LogP contribution in [0.5, 0.6) is 11.8 Å². The lowest BCUT2D eigenvalue weighted by atomic mass is 10.0. The molecule has 1 aromatic heterocycles. The molecule has 2 aromatic carbocycles. The van der Waals surface area contributed by atoms with Gasteiger partial charge in [0.2, 0.25) is 0 Å². The maximum Gasteiger partial charge on any atom is 0.322 e. The number of aromatic nitrogens is 2. The first kappa shape index (κ1) is 22.1. The Kier molecular flexibility index (Phi) is 5.89. The molecule has 2 fully saturated rings. The molecule has 4 heterocycles. The second kappa shape index (κ2) is 9.33. The summed E-state index contributed by atoms with van der Waals surface area (Å²) in [4.78, 5) is 11.4. The highest BCUT2D eigenvalue weighted by molar-refractivity contribution is 5.91. The standard InChI is InChI=1S/C26H25F2N5O2/c27-19-3-1-18(2-4-19)23-17-32-15-21(31-11-13-34-14-12-31)16-33(32)25(23)24-9-10-29-26(30-24)35-22-7-5-20(28)6-8-22/h1-10,21H,11-17H2. The van der Waals surface area contributed by atoms with Crippen LogP contribution in [0.25, 0.3) is 11.3 Å². The zero-order chi connectivity index (χ0) is 23.8. The quantitative estimate of drug-likeness (QED) is 0.556. The summed E-state index contributed by atoms with van der Waals surface area (Å²) in [5, 5.41) is 4.61. The fourth-order valence-corrected chi connectivity index (χ4v) is 4.98. The number of morpholine rings is 1. The Morgan fingerprint density at radius 1 is 0.886 bits per heavy atom. The maximum atomic E-state index is 13.7. The van der Waals surface area contributed by atoms with E-state index in [4.69, 9.17) is 14.5 Å². The molecule has 0 aliphatic carbocycles. The van der Waals surface area contributed by atoms with Gasteiger partial charge in [-0.2, -0.15) is 4.98 Å². The van der Waals surface area contributed by atoms with Crippen LogP contribution < -0.4 is 4.74 Å². The van der Waals surface area contributed by atoms with Crippen LogP contribution in [0.2, 0.25) is 0 Å². The van der Waals surface area contributed by atoms with Gasteiger partial charge < -0.3 is 14.5 Å². The van der Waals surface area contributed by atoms with Crippen molar-refractivity contribution in [1.29, 1.82) is 0 Å². The molecule has 3 aliphatic rings. The number of fused-ring (bicyclic) bond motifs is 1. The molecular weight excluding hydrogens is 452 g/mol. The van der Waals surface area contributed by atoms with Crippen molar-refractivity contribution >= 4 is 11.3 Å². The van der Waals surface area contributed by atoms with Crippen LogP contribution in [0.1, 0.15) is 11.3 Å². The minimum Gasteiger partial charge on any atom is -0.424 e. The predicted molar refractivity (Wildman–Crippen MR) is 126 cm³/mol. The van der Waals surface area contributed by atoms with Crippen molar-refractivity contribution in [3.8, 4) is 11.8 Å². The molecule has 0 saturated carbocycles. The molecule has 2 saturated heterocycles. The van der Waals surface area contributed by atoms with Gasteiger partial charge in [0.1, 0.15) is 17.4 Å². The van der Waals surface area contributed by atoms with E-state index >= 15 is 0 Å². The number of ether oxygens (including phenoxy) is 2. The fraction of sp³-hybridized carbons (Fsp3) is 0.308. The highest BCUT2D eigenvalue weighted by Crippen LogP contribution is 2.40. The minimum absolute atomic E-state index is 0.183. The monoisotopic (exact) mass is 477 g/mol. The van der Waals surface area contributed by atoms with Crippen molar-refractivity contribution in [2.24, 2.45) is 0 Å². The van der Waals surface area contributed by atoms with Crippen LogP contribution >= 0.6 is 0 Å². The molecule has 0 radical (unpaired) electrons. The van der Waals surface area contributed by atoms with Crippen molar-refractivity contribution in [2.45, 2.75) is 6.04 Å². The van der Waals surface area contributed by atoms with Crippen molar-refractivity contribution in [3.05, 3.63) is 83.7 Å². The summed E-state index contributed by atoms with van der Waals surface area (Å²) in [6.07, 6.45) is 1.66. The van der Waals surface area contributed by atoms with Crippen LogP contribution in [0.4, 0.5) is 8.78 Å². The van der Waals surface area contributed by atoms with Gasteiger partial charge in [-0.05, 0) is 48.0 Å². The third kappa shape index (κ3) is 4.50. The predicted octanol–water partition coefficient (Wildman–Crippen LogP) is 3.66. The van der Waals surface area contributed by atoms with Crippen LogP contribution in [0, 0.1) is 11.6 Å². The average Bonchev–Trinajstić information content (AvgIpc) is 3.45. The van der Waals surface area contributed by atoms with Gasteiger partial charge in [-0.25, -0.2) is 18.8 Å². The van der Waals surface area contributed by atoms with Gasteiger partial charge in [0, 0.05) is 44.0 Å². The zero-order valence-corrected chi connectivity index (χ0v) is 19.1. The number of halogens is 2. The molecule has 6 rings (SSSR count). The van der Waals surface area contributed by atoms with Gasteiger partial charge in [0.25, 0.3) is 0 Å². The van der Waals surface area contributed by atoms with E-state index in [9.17, 15) is 8.78 Å². The molecule has 0 N–H and O–H groups in total. The minimum atomic E-state index is -0.337. The van der Waals surface area contributed by atoms with Crippen molar-refractivity contribution in [1.82, 2.24) is 24.9 Å². The normalized spacial score (nSPS) is 21.0. The van der Waals surface area contributed by atoms with Crippen molar-refractivity contribution in [2.75, 3.05) is 45.9 Å². The highest BCUT2D eigenvalue weighted by atomic mass is 19.1. The Hall–Kier alpha value is -3.40. The summed E-state index contributed by atoms with van der Waals surface area (Å²) in [7, 11) is 0. The molecule has 3 aliphatic heterocycles. The van der Waals surface area contributed by atoms with Crippen molar-refractivity contribution in [3.63, 3.8) is 0 Å². The summed E-state index contributed by atoms with van der Waals surface area (Å²) < 4.78 is 38.3. The number of rotatable bonds is 5. The molecule has 1 atom stereocenters. The lowest BCUT2D eigenvalue weighted by Gasteiger charge is -2.31. The highest BCUT2D eigenvalue weighted by Gasteiger charge is 2.41. The first-order valence-corrected chi connectivity index (χ1v) is 11.7. The molecular formula is C26H25F2N5O2. The number of nitrogens with zero attached hydrogens (tertiary/aromatic N) is 5. The summed E-state index contributed by atoms with van der Waals surface area (Å²) in [5.74, 6) is -0.145. The van der Waals surface area contributed by atoms with Gasteiger partial charge in [-0.3, -0.25) is 4.90 Å². The Morgan fingerprint density at radius 2 is 1.60 bits per heavy atom. The Bertz CT molecular complexity index is 1230. The summed E-state index contributed by atoms with van der Waals surface area (Å²) in [6, 6.07) is 14.8. The number of hydrogen-bond donors (Lipinski definition) is 0. The largest absolute Gasteiger partial charge is 0.424 e. The second-order valence-electron chi connectivity index (χ2n) is 8.85. The van der Waals surface area contributed by atoms with Gasteiger partial charge in [-0.15, -0.1) is 0 Å². The smallest absolute Gasteiger partial charge is 0.322 e. The zero-order valence-electron chi connectivity index (χ0n) is 19.1. The van der Waals surface area contributed by atoms with E-state index < -0.39 is 0 Å². The number of hydrazine groups is 1. The molecule has 180 valence electrons. The van der Waals surface area contributed by atoms with Gasteiger partial charge in [-0.1, -0.05) is 12.1 Å². The van der Waals surface area contributed by atoms with Gasteiger partial charge in [0.15, 0.2) is 0 Å². The number of hydrogen-bond acceptors (Lipinski definition) is 7. The maximum absolute atomic E-state index is 13.7. The van der Waals surface area contributed by atoms with E-state index in [0.29, 0.717) is 18.3 Å². The van der Waals surface area contributed by atoms with E-state index in [1.807, 2.05) is 18.2 Å². The number of benzene rings is 2. The van der Waals surface area contributed by atoms with E-state index in [1.165, 1.54) is 24.3 Å². The first-order valence-electron chi connectivity index (χ1n) is 11.7. The second-order valence-corrected chi connectivity index (χ2v) is 8.85. The molecule has 0 bridgehead atoms. The summed E-state index contributed by atoms with van der Waals surface area (Å²) in [6.45, 7) is 5.82. The lowest BCUT2D eigenvalue weighted by Crippen LogP contribution is -2.46. The lowest BCUT2D eigenvalue weighted by molar-refractivity contribution is 0.0208. The van der Waals surface area contributed by atoms with Crippen LogP contribution in [-0.2, 0) is 4.74 Å². The molecule has 0 spiro atoms. The van der Waals surface area contributed by atoms with Crippen LogP contribution in [-0.4, -0.2) is 76.9 Å². The third-order valence-corrected chi connectivity index (χ3v) is 6.68. The topological polar surface area (TPSA) is 54.0 Å². The molecule has 9 heteroatoms. The summed E-state index contributed by atoms with van der Waals surface area (Å²) in [5.41, 5.74) is 3.73. The third-order valence-electron chi connectivity index (χ3n) is 6.68. The average molecular weight is 478 g/mol. The van der Waals surface area contributed by atoms with E-state index in [0.717, 1.165) is 61.9 Å². The first-order chi connectivity index (χ1) is 17.1. The van der Waals surface area contributed by atoms with Crippen LogP contribution in [0.3, 0.4) is 0 Å². The fourth-order valence-electron chi connectivity index (χ4n) is 4.98. The van der Waals surface area contributed by atoms with E-state index in [1.54, 1.807) is 18.3 Å². The van der Waals surface area contributed by atoms with Gasteiger partial charge in [0.05, 0.1) is 31.1 Å². The molecule has 1 unspecified atom stereocenters. The van der Waals surface area contributed by atoms with E-state index in [2.05, 4.69) is 19.9 Å². The Labute approximate surface area is 202 Å². The van der Waals surface area contributed by atoms with E-state index in [-0.39, 0.29) is 17.6 Å². The van der Waals surface area contributed by atoms with Gasteiger partial charge >= 0.3 is 6.01 Å².